The molecule has 0 saturated carbocycles. The Kier molecular flexibility index (Phi) is 4.56. The van der Waals surface area contributed by atoms with Gasteiger partial charge in [-0.05, 0) is 54.0 Å². The Morgan fingerprint density at radius 2 is 2.00 bits per heavy atom. The van der Waals surface area contributed by atoms with E-state index < -0.39 is 0 Å². The number of nitrogens with one attached hydrogen (secondary N) is 1. The molecule has 1 N–H and O–H groups in total. The molecule has 1 aliphatic rings. The fourth-order valence-corrected chi connectivity index (χ4v) is 3.22. The number of hydrogen-bond donors (Lipinski definition) is 1. The lowest BCUT2D eigenvalue weighted by molar-refractivity contribution is 0.412. The lowest BCUT2D eigenvalue weighted by atomic mass is 9.82. The molecular weight excluding hydrogens is 258 g/mol. The fraction of sp³-hybridized carbons (Fsp3) is 0.368. The molecule has 0 radical (unpaired) electrons. The van der Waals surface area contributed by atoms with Crippen molar-refractivity contribution in [2.45, 2.75) is 31.7 Å². The van der Waals surface area contributed by atoms with Gasteiger partial charge in [0.1, 0.15) is 5.75 Å². The van der Waals surface area contributed by atoms with Crippen LogP contribution in [-0.4, -0.2) is 13.7 Å². The van der Waals surface area contributed by atoms with Crippen LogP contribution in [0, 0.1) is 0 Å². The quantitative estimate of drug-likeness (QED) is 0.897. The summed E-state index contributed by atoms with van der Waals surface area (Å²) in [7, 11) is 1.74. The van der Waals surface area contributed by atoms with Gasteiger partial charge >= 0.3 is 0 Å². The minimum atomic E-state index is 0.628. The van der Waals surface area contributed by atoms with Gasteiger partial charge in [-0.25, -0.2) is 0 Å². The number of benzene rings is 2. The molecule has 2 aromatic rings. The topological polar surface area (TPSA) is 21.3 Å². The molecule has 0 bridgehead atoms. The summed E-state index contributed by atoms with van der Waals surface area (Å²) < 4.78 is 5.34. The molecule has 2 nitrogen and oxygen atoms in total. The van der Waals surface area contributed by atoms with E-state index in [2.05, 4.69) is 53.8 Å². The van der Waals surface area contributed by atoms with Gasteiger partial charge in [0.05, 0.1) is 7.11 Å². The van der Waals surface area contributed by atoms with Crippen molar-refractivity contribution in [2.24, 2.45) is 0 Å². The predicted octanol–water partition coefficient (Wildman–Crippen LogP) is 3.90. The maximum absolute atomic E-state index is 5.34. The first-order valence-corrected chi connectivity index (χ1v) is 7.78. The Morgan fingerprint density at radius 1 is 1.14 bits per heavy atom. The average molecular weight is 281 g/mol. The Balaban J connectivity index is 1.62. The Morgan fingerprint density at radius 3 is 2.81 bits per heavy atom. The summed E-state index contributed by atoms with van der Waals surface area (Å²) in [5, 5.41) is 3.61. The zero-order valence-electron chi connectivity index (χ0n) is 12.6. The smallest absolute Gasteiger partial charge is 0.119 e. The maximum atomic E-state index is 5.34. The van der Waals surface area contributed by atoms with E-state index in [1.807, 2.05) is 0 Å². The third kappa shape index (κ3) is 3.45. The molecule has 2 aromatic carbocycles. The van der Waals surface area contributed by atoms with Gasteiger partial charge in [-0.2, -0.15) is 0 Å². The number of hydrogen-bond acceptors (Lipinski definition) is 2. The van der Waals surface area contributed by atoms with Gasteiger partial charge < -0.3 is 10.1 Å². The molecule has 0 spiro atoms. The molecule has 110 valence electrons. The number of fused-ring (bicyclic) bond motifs is 1. The Hall–Kier alpha value is -1.80. The van der Waals surface area contributed by atoms with Crippen molar-refractivity contribution in [1.82, 2.24) is 5.32 Å². The summed E-state index contributed by atoms with van der Waals surface area (Å²) in [6.45, 7) is 2.00. The van der Waals surface area contributed by atoms with Crippen LogP contribution in [0.25, 0.3) is 0 Å². The van der Waals surface area contributed by atoms with Crippen molar-refractivity contribution in [3.63, 3.8) is 0 Å². The monoisotopic (exact) mass is 281 g/mol. The normalized spacial score (nSPS) is 17.3. The molecule has 0 amide bonds. The summed E-state index contributed by atoms with van der Waals surface area (Å²) in [5.41, 5.74) is 4.32. The number of ether oxygens (including phenoxy) is 1. The van der Waals surface area contributed by atoms with Crippen molar-refractivity contribution in [3.05, 3.63) is 65.2 Å². The molecule has 1 aliphatic carbocycles. The van der Waals surface area contributed by atoms with E-state index in [1.165, 1.54) is 36.0 Å². The Bertz CT molecular complexity index is 579. The molecule has 0 aromatic heterocycles. The minimum absolute atomic E-state index is 0.628. The molecule has 0 aliphatic heterocycles. The first kappa shape index (κ1) is 14.2. The number of aryl methyl sites for hydroxylation is 1. The lowest BCUT2D eigenvalue weighted by Gasteiger charge is -2.26. The highest BCUT2D eigenvalue weighted by Gasteiger charge is 2.20. The minimum Gasteiger partial charge on any atom is -0.497 e. The van der Waals surface area contributed by atoms with Gasteiger partial charge in [-0.15, -0.1) is 0 Å². The zero-order valence-corrected chi connectivity index (χ0v) is 12.6. The van der Waals surface area contributed by atoms with Crippen LogP contribution >= 0.6 is 0 Å². The molecular formula is C19H23NO. The lowest BCUT2D eigenvalue weighted by Crippen LogP contribution is -2.24. The third-order valence-electron chi connectivity index (χ3n) is 4.35. The number of methoxy groups -OCH3 is 1. The van der Waals surface area contributed by atoms with E-state index in [0.717, 1.165) is 18.8 Å². The molecule has 0 unspecified atom stereocenters. The van der Waals surface area contributed by atoms with Crippen molar-refractivity contribution < 1.29 is 4.74 Å². The van der Waals surface area contributed by atoms with Crippen molar-refractivity contribution >= 4 is 0 Å². The predicted molar refractivity (Wildman–Crippen MR) is 86.8 cm³/mol. The number of rotatable bonds is 5. The summed E-state index contributed by atoms with van der Waals surface area (Å²) in [6.07, 6.45) is 3.74. The third-order valence-corrected chi connectivity index (χ3v) is 4.35. The molecule has 1 atom stereocenters. The van der Waals surface area contributed by atoms with Gasteiger partial charge in [-0.3, -0.25) is 0 Å². The highest BCUT2D eigenvalue weighted by atomic mass is 16.5. The van der Waals surface area contributed by atoms with Crippen LogP contribution in [0.1, 0.15) is 35.4 Å². The highest BCUT2D eigenvalue weighted by molar-refractivity contribution is 5.39. The second-order valence-electron chi connectivity index (χ2n) is 5.77. The van der Waals surface area contributed by atoms with Crippen LogP contribution in [0.3, 0.4) is 0 Å². The first-order chi connectivity index (χ1) is 10.4. The van der Waals surface area contributed by atoms with Crippen LogP contribution in [-0.2, 0) is 13.0 Å². The standard InChI is InChI=1S/C19H23NO/c1-21-18-10-11-19-16(12-18)8-5-9-17(19)14-20-13-15-6-3-2-4-7-15/h2-4,6-7,10-12,17,20H,5,8-9,13-14H2,1H3/t17-/m1/s1. The summed E-state index contributed by atoms with van der Waals surface area (Å²) >= 11 is 0. The van der Waals surface area contributed by atoms with E-state index >= 15 is 0 Å². The molecule has 0 fully saturated rings. The van der Waals surface area contributed by atoms with E-state index in [4.69, 9.17) is 4.74 Å². The highest BCUT2D eigenvalue weighted by Crippen LogP contribution is 2.33. The van der Waals surface area contributed by atoms with Crippen LogP contribution in [0.15, 0.2) is 48.5 Å². The summed E-state index contributed by atoms with van der Waals surface area (Å²) in [4.78, 5) is 0. The molecule has 2 heteroatoms. The van der Waals surface area contributed by atoms with Gasteiger partial charge in [0.25, 0.3) is 0 Å². The molecule has 0 saturated heterocycles. The molecule has 21 heavy (non-hydrogen) atoms. The van der Waals surface area contributed by atoms with Crippen molar-refractivity contribution in [1.29, 1.82) is 0 Å². The van der Waals surface area contributed by atoms with Crippen LogP contribution in [0.5, 0.6) is 5.75 Å². The van der Waals surface area contributed by atoms with E-state index in [9.17, 15) is 0 Å². The first-order valence-electron chi connectivity index (χ1n) is 7.78. The maximum Gasteiger partial charge on any atom is 0.119 e. The summed E-state index contributed by atoms with van der Waals surface area (Å²) in [6, 6.07) is 17.2. The second-order valence-corrected chi connectivity index (χ2v) is 5.77. The van der Waals surface area contributed by atoms with Crippen LogP contribution < -0.4 is 10.1 Å². The molecule has 3 rings (SSSR count). The van der Waals surface area contributed by atoms with Crippen LogP contribution in [0.2, 0.25) is 0 Å². The van der Waals surface area contributed by atoms with Gasteiger partial charge in [0.2, 0.25) is 0 Å². The second kappa shape index (κ2) is 6.77. The van der Waals surface area contributed by atoms with Gasteiger partial charge in [-0.1, -0.05) is 36.4 Å². The zero-order chi connectivity index (χ0) is 14.5. The van der Waals surface area contributed by atoms with Crippen molar-refractivity contribution in [3.8, 4) is 5.75 Å². The van der Waals surface area contributed by atoms with E-state index in [1.54, 1.807) is 7.11 Å². The van der Waals surface area contributed by atoms with Gasteiger partial charge in [0.15, 0.2) is 0 Å². The van der Waals surface area contributed by atoms with Gasteiger partial charge in [0, 0.05) is 13.1 Å². The molecule has 0 heterocycles. The van der Waals surface area contributed by atoms with Crippen LogP contribution in [0.4, 0.5) is 0 Å². The Labute approximate surface area is 127 Å². The summed E-state index contributed by atoms with van der Waals surface area (Å²) in [5.74, 6) is 1.61. The van der Waals surface area contributed by atoms with E-state index in [0.29, 0.717) is 5.92 Å². The van der Waals surface area contributed by atoms with Crippen molar-refractivity contribution in [2.75, 3.05) is 13.7 Å². The fourth-order valence-electron chi connectivity index (χ4n) is 3.22. The van der Waals surface area contributed by atoms with E-state index in [-0.39, 0.29) is 0 Å². The average Bonchev–Trinajstić information content (AvgIpc) is 2.55. The SMILES string of the molecule is COc1ccc2c(c1)CCC[C@@H]2CNCc1ccccc1. The largest absolute Gasteiger partial charge is 0.497 e.